The molecular formula is C29H38O9. The van der Waals surface area contributed by atoms with Crippen LogP contribution < -0.4 is 0 Å². The van der Waals surface area contributed by atoms with Gasteiger partial charge in [0, 0.05) is 36.7 Å². The van der Waals surface area contributed by atoms with Crippen LogP contribution in [-0.2, 0) is 33.3 Å². The molecule has 208 valence electrons. The lowest BCUT2D eigenvalue weighted by molar-refractivity contribution is -0.212. The van der Waals surface area contributed by atoms with Crippen LogP contribution in [0.15, 0.2) is 11.1 Å². The Bertz CT molecular complexity index is 1160. The van der Waals surface area contributed by atoms with Crippen molar-refractivity contribution in [2.45, 2.75) is 115 Å². The summed E-state index contributed by atoms with van der Waals surface area (Å²) in [5, 5.41) is 24.1. The second-order valence-electron chi connectivity index (χ2n) is 13.6. The monoisotopic (exact) mass is 530 g/mol. The molecule has 7 rings (SSSR count). The van der Waals surface area contributed by atoms with Gasteiger partial charge in [-0.2, -0.15) is 0 Å². The predicted octanol–water partition coefficient (Wildman–Crippen LogP) is 1.86. The Hall–Kier alpha value is -1.81. The first-order valence-electron chi connectivity index (χ1n) is 14.1. The summed E-state index contributed by atoms with van der Waals surface area (Å²) in [7, 11) is 0. The summed E-state index contributed by atoms with van der Waals surface area (Å²) in [6, 6.07) is 0. The zero-order valence-electron chi connectivity index (χ0n) is 22.6. The Balaban J connectivity index is 1.26. The number of epoxide rings is 2. The molecule has 0 amide bonds. The Morgan fingerprint density at radius 3 is 2.55 bits per heavy atom. The van der Waals surface area contributed by atoms with Crippen LogP contribution in [0.3, 0.4) is 0 Å². The van der Waals surface area contributed by atoms with Crippen LogP contribution in [0.25, 0.3) is 0 Å². The fourth-order valence-corrected chi connectivity index (χ4v) is 10.0. The first kappa shape index (κ1) is 25.2. The van der Waals surface area contributed by atoms with E-state index >= 15 is 0 Å². The number of cyclic esters (lactones) is 1. The molecule has 0 aromatic heterocycles. The summed E-state index contributed by atoms with van der Waals surface area (Å²) in [6.07, 6.45) is -0.0387. The average Bonchev–Trinajstić information content (AvgIpc) is 3.72. The number of ketones is 1. The number of aliphatic hydroxyl groups is 2. The van der Waals surface area contributed by atoms with Gasteiger partial charge in [-0.05, 0) is 57.8 Å². The van der Waals surface area contributed by atoms with E-state index in [1.807, 2.05) is 13.8 Å². The van der Waals surface area contributed by atoms with Crippen LogP contribution in [0.2, 0.25) is 0 Å². The standard InChI is InChI=1S/C29H38O9/c1-11-6-21(37-26(33)12(11)2)28(5,34)24-18(35-13(3)30)9-16-14-8-22-29(38-22)23(17(31)10-19-25(29)36-19)15(14)7-20(32)27(16,24)4/h14-16,18-25,32,34H,6-10H2,1-5H3/t14-,15+,16+,18+,19+,20-,21-,22-,23+,24+,25+,27-,28+,29-/m1/s1. The molecule has 4 aliphatic carbocycles. The number of carbonyl (C=O) groups is 3. The smallest absolute Gasteiger partial charge is 0.334 e. The van der Waals surface area contributed by atoms with E-state index in [1.165, 1.54) is 6.92 Å². The summed E-state index contributed by atoms with van der Waals surface area (Å²) < 4.78 is 23.7. The van der Waals surface area contributed by atoms with E-state index in [2.05, 4.69) is 0 Å². The molecule has 0 aromatic rings. The van der Waals surface area contributed by atoms with Crippen molar-refractivity contribution >= 4 is 17.7 Å². The molecule has 14 atom stereocenters. The number of hydrogen-bond donors (Lipinski definition) is 2. The molecule has 38 heavy (non-hydrogen) atoms. The number of ether oxygens (including phenoxy) is 4. The molecule has 7 aliphatic rings. The van der Waals surface area contributed by atoms with E-state index in [1.54, 1.807) is 13.8 Å². The maximum atomic E-state index is 13.4. The van der Waals surface area contributed by atoms with E-state index in [9.17, 15) is 24.6 Å². The highest BCUT2D eigenvalue weighted by molar-refractivity contribution is 5.89. The van der Waals surface area contributed by atoms with Gasteiger partial charge in [-0.3, -0.25) is 9.59 Å². The van der Waals surface area contributed by atoms with Crippen LogP contribution in [-0.4, -0.2) is 75.8 Å². The lowest BCUT2D eigenvalue weighted by atomic mass is 9.47. The molecule has 4 saturated carbocycles. The first-order valence-corrected chi connectivity index (χ1v) is 14.1. The molecule has 0 unspecified atom stereocenters. The third-order valence-corrected chi connectivity index (χ3v) is 11.9. The number of hydrogen-bond acceptors (Lipinski definition) is 9. The van der Waals surface area contributed by atoms with Crippen molar-refractivity contribution in [1.82, 2.24) is 0 Å². The fourth-order valence-electron chi connectivity index (χ4n) is 10.0. The Morgan fingerprint density at radius 2 is 1.87 bits per heavy atom. The van der Waals surface area contributed by atoms with Gasteiger partial charge in [0.2, 0.25) is 0 Å². The van der Waals surface area contributed by atoms with Gasteiger partial charge in [0.25, 0.3) is 0 Å². The summed E-state index contributed by atoms with van der Waals surface area (Å²) in [6.45, 7) is 8.56. The molecule has 0 radical (unpaired) electrons. The summed E-state index contributed by atoms with van der Waals surface area (Å²) in [5.74, 6) is -1.80. The van der Waals surface area contributed by atoms with E-state index in [0.717, 1.165) is 12.0 Å². The normalized spacial score (nSPS) is 53.9. The lowest BCUT2D eigenvalue weighted by Gasteiger charge is -2.57. The third kappa shape index (κ3) is 3.05. The minimum Gasteiger partial charge on any atom is -0.462 e. The van der Waals surface area contributed by atoms with Crippen LogP contribution in [0.5, 0.6) is 0 Å². The molecule has 0 aromatic carbocycles. The summed E-state index contributed by atoms with van der Waals surface area (Å²) >= 11 is 0. The van der Waals surface area contributed by atoms with Gasteiger partial charge in [0.15, 0.2) is 0 Å². The van der Waals surface area contributed by atoms with Crippen molar-refractivity contribution in [2.75, 3.05) is 0 Å². The molecule has 6 fully saturated rings. The maximum absolute atomic E-state index is 13.4. The Kier molecular flexibility index (Phi) is 5.09. The topological polar surface area (TPSA) is 135 Å². The first-order chi connectivity index (χ1) is 17.8. The van der Waals surface area contributed by atoms with Crippen molar-refractivity contribution in [2.24, 2.45) is 35.0 Å². The fraction of sp³-hybridized carbons (Fsp3) is 0.828. The minimum absolute atomic E-state index is 0.0202. The van der Waals surface area contributed by atoms with Crippen LogP contribution >= 0.6 is 0 Å². The SMILES string of the molecule is CC(=O)O[C@H]1C[C@H]2[C@@H]3C[C@H]4O[C@@]45[C@H](C(=O)C[C@@H]4O[C@@H]45)[C@H]3C[C@@H](O)[C@]2(C)[C@H]1[C@@](C)(O)[C@H]1CC(C)=C(C)C(=O)O1. The van der Waals surface area contributed by atoms with E-state index < -0.39 is 52.8 Å². The molecule has 0 bridgehead atoms. The second-order valence-corrected chi connectivity index (χ2v) is 13.6. The maximum Gasteiger partial charge on any atom is 0.334 e. The highest BCUT2D eigenvalue weighted by Crippen LogP contribution is 2.72. The van der Waals surface area contributed by atoms with Gasteiger partial charge in [0.1, 0.15) is 35.3 Å². The van der Waals surface area contributed by atoms with Crippen LogP contribution in [0, 0.1) is 35.0 Å². The largest absolute Gasteiger partial charge is 0.462 e. The van der Waals surface area contributed by atoms with Gasteiger partial charge in [-0.25, -0.2) is 4.79 Å². The number of esters is 2. The molecule has 2 saturated heterocycles. The summed E-state index contributed by atoms with van der Waals surface area (Å²) in [4.78, 5) is 38.2. The van der Waals surface area contributed by atoms with E-state index in [0.29, 0.717) is 31.3 Å². The number of Topliss-reactive ketones (excluding diaryl/α,β-unsaturated/α-hetero) is 1. The second kappa shape index (κ2) is 7.68. The highest BCUT2D eigenvalue weighted by Gasteiger charge is 2.82. The number of carbonyl (C=O) groups excluding carboxylic acids is 3. The van der Waals surface area contributed by atoms with Crippen molar-refractivity contribution in [3.63, 3.8) is 0 Å². The number of fused-ring (bicyclic) bond motifs is 5. The van der Waals surface area contributed by atoms with Gasteiger partial charge in [0.05, 0.1) is 24.2 Å². The zero-order chi connectivity index (χ0) is 27.1. The highest BCUT2D eigenvalue weighted by atomic mass is 16.7. The minimum atomic E-state index is -1.57. The molecular weight excluding hydrogens is 492 g/mol. The molecule has 1 spiro atoms. The van der Waals surface area contributed by atoms with E-state index in [-0.39, 0.29) is 47.8 Å². The van der Waals surface area contributed by atoms with Crippen molar-refractivity contribution in [1.29, 1.82) is 0 Å². The molecule has 3 aliphatic heterocycles. The van der Waals surface area contributed by atoms with Gasteiger partial charge < -0.3 is 29.2 Å². The molecule has 2 N–H and O–H groups in total. The number of aliphatic hydroxyl groups excluding tert-OH is 1. The Labute approximate surface area is 222 Å². The van der Waals surface area contributed by atoms with Crippen molar-refractivity contribution < 1.29 is 43.5 Å². The van der Waals surface area contributed by atoms with Crippen LogP contribution in [0.1, 0.15) is 66.7 Å². The quantitative estimate of drug-likeness (QED) is 0.414. The molecule has 9 nitrogen and oxygen atoms in total. The molecule has 3 heterocycles. The average molecular weight is 531 g/mol. The van der Waals surface area contributed by atoms with Gasteiger partial charge in [-0.1, -0.05) is 12.5 Å². The number of rotatable bonds is 3. The Morgan fingerprint density at radius 1 is 1.13 bits per heavy atom. The van der Waals surface area contributed by atoms with Crippen LogP contribution in [0.4, 0.5) is 0 Å². The van der Waals surface area contributed by atoms with Crippen molar-refractivity contribution in [3.05, 3.63) is 11.1 Å². The lowest BCUT2D eigenvalue weighted by Crippen LogP contribution is -2.64. The van der Waals surface area contributed by atoms with Crippen molar-refractivity contribution in [3.8, 4) is 0 Å². The van der Waals surface area contributed by atoms with Gasteiger partial charge >= 0.3 is 11.9 Å². The van der Waals surface area contributed by atoms with Gasteiger partial charge in [-0.15, -0.1) is 0 Å². The zero-order valence-corrected chi connectivity index (χ0v) is 22.6. The molecule has 9 heteroatoms. The third-order valence-electron chi connectivity index (χ3n) is 11.9. The van der Waals surface area contributed by atoms with E-state index in [4.69, 9.17) is 18.9 Å². The predicted molar refractivity (Wildman–Crippen MR) is 130 cm³/mol. The summed E-state index contributed by atoms with van der Waals surface area (Å²) in [5.41, 5.74) is -1.54.